The maximum Gasteiger partial charge on any atom is 0.229 e. The van der Waals surface area contributed by atoms with Crippen molar-refractivity contribution < 1.29 is 9.53 Å². The summed E-state index contributed by atoms with van der Waals surface area (Å²) in [5, 5.41) is 3.40. The lowest BCUT2D eigenvalue weighted by Crippen LogP contribution is -2.44. The van der Waals surface area contributed by atoms with Gasteiger partial charge in [-0.25, -0.2) is 0 Å². The van der Waals surface area contributed by atoms with Crippen molar-refractivity contribution in [1.82, 2.24) is 15.2 Å². The minimum Gasteiger partial charge on any atom is -0.379 e. The number of hydrogen-bond acceptors (Lipinski definition) is 4. The van der Waals surface area contributed by atoms with Crippen molar-refractivity contribution >= 4 is 5.91 Å². The molecule has 0 radical (unpaired) electrons. The molecule has 1 N–H and O–H groups in total. The van der Waals surface area contributed by atoms with Gasteiger partial charge in [0.25, 0.3) is 0 Å². The summed E-state index contributed by atoms with van der Waals surface area (Å²) in [6, 6.07) is 4.01. The van der Waals surface area contributed by atoms with Crippen molar-refractivity contribution in [3.8, 4) is 0 Å². The average molecular weight is 277 g/mol. The average Bonchev–Trinajstić information content (AvgIpc) is 2.93. The molecule has 0 spiro atoms. The molecule has 2 atom stereocenters. The zero-order valence-corrected chi connectivity index (χ0v) is 12.2. The van der Waals surface area contributed by atoms with Crippen LogP contribution in [0.15, 0.2) is 24.5 Å². The maximum absolute atomic E-state index is 12.5. The largest absolute Gasteiger partial charge is 0.379 e. The molecular weight excluding hydrogens is 254 g/mol. The highest BCUT2D eigenvalue weighted by Gasteiger charge is 2.35. The lowest BCUT2D eigenvalue weighted by molar-refractivity contribution is -0.135. The Hall–Kier alpha value is -1.46. The Balaban J connectivity index is 1.92. The normalized spacial score (nSPS) is 21.9. The van der Waals surface area contributed by atoms with Gasteiger partial charge in [-0.05, 0) is 24.6 Å². The minimum atomic E-state index is -0.0804. The predicted molar refractivity (Wildman–Crippen MR) is 77.1 cm³/mol. The zero-order chi connectivity index (χ0) is 14.4. The quantitative estimate of drug-likeness (QED) is 0.844. The first kappa shape index (κ1) is 14.9. The van der Waals surface area contributed by atoms with Crippen LogP contribution in [-0.2, 0) is 16.1 Å². The third kappa shape index (κ3) is 3.77. The third-order valence-corrected chi connectivity index (χ3v) is 3.57. The fraction of sp³-hybridized carbons (Fsp3) is 0.600. The molecule has 2 unspecified atom stereocenters. The summed E-state index contributed by atoms with van der Waals surface area (Å²) in [4.78, 5) is 18.3. The highest BCUT2D eigenvalue weighted by atomic mass is 16.5. The Morgan fingerprint density at radius 3 is 3.10 bits per heavy atom. The van der Waals surface area contributed by atoms with Crippen LogP contribution in [0, 0.1) is 5.92 Å². The number of nitrogens with zero attached hydrogens (tertiary/aromatic N) is 2. The molecule has 2 heterocycles. The second-order valence-electron chi connectivity index (χ2n) is 5.26. The summed E-state index contributed by atoms with van der Waals surface area (Å²) in [6.45, 7) is 4.76. The molecule has 1 aliphatic heterocycles. The highest BCUT2D eigenvalue weighted by molar-refractivity contribution is 5.79. The number of carbonyl (C=O) groups excluding carboxylic acids is 1. The van der Waals surface area contributed by atoms with E-state index in [1.165, 1.54) is 0 Å². The van der Waals surface area contributed by atoms with E-state index in [4.69, 9.17) is 4.74 Å². The van der Waals surface area contributed by atoms with Gasteiger partial charge in [0.2, 0.25) is 5.91 Å². The van der Waals surface area contributed by atoms with Gasteiger partial charge in [0.1, 0.15) is 0 Å². The third-order valence-electron chi connectivity index (χ3n) is 3.57. The van der Waals surface area contributed by atoms with Gasteiger partial charge in [-0.2, -0.15) is 0 Å². The van der Waals surface area contributed by atoms with Crippen LogP contribution in [0.2, 0.25) is 0 Å². The van der Waals surface area contributed by atoms with Crippen LogP contribution in [0.1, 0.15) is 18.9 Å². The van der Waals surface area contributed by atoms with Crippen molar-refractivity contribution in [2.24, 2.45) is 5.92 Å². The summed E-state index contributed by atoms with van der Waals surface area (Å²) in [6.07, 6.45) is 4.59. The second-order valence-corrected chi connectivity index (χ2v) is 5.26. The molecule has 0 bridgehead atoms. The van der Waals surface area contributed by atoms with Gasteiger partial charge >= 0.3 is 0 Å². The first-order valence-electron chi connectivity index (χ1n) is 7.17. The monoisotopic (exact) mass is 277 g/mol. The van der Waals surface area contributed by atoms with Gasteiger partial charge in [0.05, 0.1) is 19.1 Å². The lowest BCUT2D eigenvalue weighted by atomic mass is 10.0. The van der Waals surface area contributed by atoms with Crippen molar-refractivity contribution in [2.45, 2.75) is 25.9 Å². The topological polar surface area (TPSA) is 54.5 Å². The number of nitrogens with one attached hydrogen (secondary N) is 1. The number of hydrogen-bond donors (Lipinski definition) is 1. The summed E-state index contributed by atoms with van der Waals surface area (Å²) < 4.78 is 5.47. The Kier molecular flexibility index (Phi) is 5.49. The van der Waals surface area contributed by atoms with Crippen molar-refractivity contribution in [3.05, 3.63) is 30.1 Å². The van der Waals surface area contributed by atoms with Crippen molar-refractivity contribution in [3.63, 3.8) is 0 Å². The van der Waals surface area contributed by atoms with Gasteiger partial charge in [0, 0.05) is 32.0 Å². The van der Waals surface area contributed by atoms with E-state index in [0.717, 1.165) is 18.5 Å². The van der Waals surface area contributed by atoms with Gasteiger partial charge in [-0.1, -0.05) is 13.0 Å². The molecule has 1 fully saturated rings. The molecule has 0 aliphatic carbocycles. The zero-order valence-electron chi connectivity index (χ0n) is 12.2. The smallest absolute Gasteiger partial charge is 0.229 e. The van der Waals surface area contributed by atoms with E-state index in [-0.39, 0.29) is 17.9 Å². The first-order valence-corrected chi connectivity index (χ1v) is 7.17. The molecule has 5 heteroatoms. The van der Waals surface area contributed by atoms with Crippen LogP contribution in [0.4, 0.5) is 0 Å². The number of aromatic nitrogens is 1. The van der Waals surface area contributed by atoms with Crippen molar-refractivity contribution in [1.29, 1.82) is 0 Å². The molecule has 0 aromatic carbocycles. The standard InChI is InChI=1S/C15H23N3O2/c1-3-6-17-14-11-20-10-13(14)15(19)18(2)9-12-5-4-7-16-8-12/h4-5,7-8,13-14,17H,3,6,9-11H2,1-2H3. The van der Waals surface area contributed by atoms with Gasteiger partial charge in [-0.15, -0.1) is 0 Å². The summed E-state index contributed by atoms with van der Waals surface area (Å²) in [5.41, 5.74) is 1.04. The molecule has 110 valence electrons. The van der Waals surface area contributed by atoms with E-state index in [1.807, 2.05) is 19.2 Å². The van der Waals surface area contributed by atoms with Gasteiger partial charge in [-0.3, -0.25) is 9.78 Å². The Morgan fingerprint density at radius 2 is 2.40 bits per heavy atom. The SMILES string of the molecule is CCCNC1COCC1C(=O)N(C)Cc1cccnc1. The van der Waals surface area contributed by atoms with E-state index < -0.39 is 0 Å². The predicted octanol–water partition coefficient (Wildman–Crippen LogP) is 1.05. The second kappa shape index (κ2) is 7.36. The molecule has 1 aromatic rings. The number of amides is 1. The first-order chi connectivity index (χ1) is 9.72. The summed E-state index contributed by atoms with van der Waals surface area (Å²) in [7, 11) is 1.84. The molecule has 2 rings (SSSR count). The molecule has 0 saturated carbocycles. The van der Waals surface area contributed by atoms with Crippen LogP contribution in [0.3, 0.4) is 0 Å². The number of pyridine rings is 1. The molecule has 1 amide bonds. The van der Waals surface area contributed by atoms with E-state index >= 15 is 0 Å². The molecule has 1 saturated heterocycles. The Bertz CT molecular complexity index is 424. The number of carbonyl (C=O) groups is 1. The molecule has 1 aromatic heterocycles. The van der Waals surface area contributed by atoms with E-state index in [9.17, 15) is 4.79 Å². The molecular formula is C15H23N3O2. The van der Waals surface area contributed by atoms with Crippen LogP contribution >= 0.6 is 0 Å². The number of rotatable bonds is 6. The highest BCUT2D eigenvalue weighted by Crippen LogP contribution is 2.17. The summed E-state index contributed by atoms with van der Waals surface area (Å²) in [5.74, 6) is 0.0585. The van der Waals surface area contributed by atoms with Gasteiger partial charge in [0.15, 0.2) is 0 Å². The van der Waals surface area contributed by atoms with Crippen LogP contribution in [0.25, 0.3) is 0 Å². The molecule has 20 heavy (non-hydrogen) atoms. The van der Waals surface area contributed by atoms with Crippen LogP contribution in [0.5, 0.6) is 0 Å². The molecule has 1 aliphatic rings. The van der Waals surface area contributed by atoms with Crippen molar-refractivity contribution in [2.75, 3.05) is 26.8 Å². The fourth-order valence-corrected chi connectivity index (χ4v) is 2.46. The summed E-state index contributed by atoms with van der Waals surface area (Å²) >= 11 is 0. The number of ether oxygens (including phenoxy) is 1. The lowest BCUT2D eigenvalue weighted by Gasteiger charge is -2.24. The van der Waals surface area contributed by atoms with E-state index in [2.05, 4.69) is 17.2 Å². The van der Waals surface area contributed by atoms with E-state index in [1.54, 1.807) is 17.3 Å². The van der Waals surface area contributed by atoms with Crippen LogP contribution in [-0.4, -0.2) is 48.6 Å². The molecule has 5 nitrogen and oxygen atoms in total. The van der Waals surface area contributed by atoms with Gasteiger partial charge < -0.3 is 15.0 Å². The maximum atomic E-state index is 12.5. The fourth-order valence-electron chi connectivity index (χ4n) is 2.46. The minimum absolute atomic E-state index is 0.0804. The van der Waals surface area contributed by atoms with E-state index in [0.29, 0.717) is 19.8 Å². The van der Waals surface area contributed by atoms with Crippen LogP contribution < -0.4 is 5.32 Å². The Morgan fingerprint density at radius 1 is 1.55 bits per heavy atom. The Labute approximate surface area is 120 Å².